The Labute approximate surface area is 394 Å². The number of aryl methyl sites for hydroxylation is 1. The molecule has 2 saturated carbocycles. The minimum atomic E-state index is -1.09. The lowest BCUT2D eigenvalue weighted by atomic mass is 9.55. The first kappa shape index (κ1) is 46.3. The second-order valence-electron chi connectivity index (χ2n) is 19.1. The van der Waals surface area contributed by atoms with E-state index in [1.807, 2.05) is 30.3 Å². The Morgan fingerprint density at radius 2 is 1.79 bits per heavy atom. The lowest BCUT2D eigenvalue weighted by molar-refractivity contribution is -0.307. The minimum Gasteiger partial charge on any atom is -0.875 e. The van der Waals surface area contributed by atoms with E-state index >= 15 is 0 Å². The molecule has 346 valence electrons. The van der Waals surface area contributed by atoms with Crippen LogP contribution < -0.4 is 21.3 Å². The molecule has 4 aliphatic carbocycles. The second kappa shape index (κ2) is 19.1. The molecule has 0 amide bonds. The standard InChI is InChI=1S/C53H59N3O8S2/c54-50(55)41-23-34-3-1-6-45-39(15-19-56-45)48(62)25-42-40(34)24-36(41)28-65-66-31-52-26-35-13-18-53(52,63)30-51(29-52,44(35)5-2-4-38(59)27-57)17-14-37(58)10-7-32-9-12-47(61)49(22-32)64-20-16-33-8-11-46(60)43(42)21-33/h8-9,11-15,17-19,21-24,35,38,42,44,50,57,59-63H,2,4-7,10,16,20,25-31,54-55H2/p-1/b17-14+,48-39?/t35-,38+,42+,44-,51-,52+,53+/m1/s1. The fourth-order valence-corrected chi connectivity index (χ4v) is 14.4. The summed E-state index contributed by atoms with van der Waals surface area (Å²) in [5, 5.41) is 69.0. The Morgan fingerprint density at radius 1 is 0.970 bits per heavy atom. The Bertz CT molecular complexity index is 2610. The zero-order valence-electron chi connectivity index (χ0n) is 37.0. The zero-order chi connectivity index (χ0) is 46.2. The van der Waals surface area contributed by atoms with E-state index in [0.717, 1.165) is 40.7 Å². The third kappa shape index (κ3) is 9.14. The first-order valence-corrected chi connectivity index (χ1v) is 25.5. The number of aliphatic imine (C=N–C) groups is 1. The summed E-state index contributed by atoms with van der Waals surface area (Å²) in [6.45, 7) is -0.0799. The van der Waals surface area contributed by atoms with Crippen LogP contribution >= 0.6 is 21.6 Å². The van der Waals surface area contributed by atoms with Crippen molar-refractivity contribution in [2.75, 3.05) is 19.0 Å². The number of phenolic OH excluding ortho intramolecular Hbond substituents is 2. The number of hydrogen-bond donors (Lipinski definition) is 7. The van der Waals surface area contributed by atoms with Crippen molar-refractivity contribution in [1.82, 2.24) is 0 Å². The molecule has 0 unspecified atom stereocenters. The number of aliphatic hydroxyl groups excluding tert-OH is 2. The predicted octanol–water partition coefficient (Wildman–Crippen LogP) is 6.68. The number of carbonyl (C=O) groups is 1. The monoisotopic (exact) mass is 928 g/mol. The first-order chi connectivity index (χ1) is 31.8. The normalized spacial score (nSPS) is 29.2. The van der Waals surface area contributed by atoms with Crippen molar-refractivity contribution in [3.05, 3.63) is 135 Å². The molecule has 9 rings (SSSR count). The summed E-state index contributed by atoms with van der Waals surface area (Å²) in [5.41, 5.74) is 17.4. The van der Waals surface area contributed by atoms with Crippen molar-refractivity contribution >= 4 is 33.1 Å². The molecule has 66 heavy (non-hydrogen) atoms. The topological polar surface area (TPSA) is 215 Å². The van der Waals surface area contributed by atoms with Crippen LogP contribution in [-0.4, -0.2) is 67.7 Å². The number of aliphatic hydroxyl groups is 3. The van der Waals surface area contributed by atoms with Crippen LogP contribution in [0.2, 0.25) is 0 Å². The molecular weight excluding hydrogens is 871 g/mol. The number of allylic oxidation sites excluding steroid dienone is 6. The number of rotatable bonds is 6. The lowest BCUT2D eigenvalue weighted by Crippen LogP contribution is -2.49. The number of aromatic hydroxyl groups is 2. The van der Waals surface area contributed by atoms with Gasteiger partial charge in [-0.15, -0.1) is 5.76 Å². The van der Waals surface area contributed by atoms with Gasteiger partial charge >= 0.3 is 0 Å². The Kier molecular flexibility index (Phi) is 13.4. The summed E-state index contributed by atoms with van der Waals surface area (Å²) in [7, 11) is 3.37. The molecule has 11 nitrogen and oxygen atoms in total. The van der Waals surface area contributed by atoms with Gasteiger partial charge < -0.3 is 46.8 Å². The molecular formula is C53H58N3O8S2-. The molecule has 7 atom stereocenters. The molecule has 2 heterocycles. The number of ether oxygens (including phenoxy) is 1. The number of phenols is 2. The van der Waals surface area contributed by atoms with Crippen LogP contribution in [0.4, 0.5) is 0 Å². The van der Waals surface area contributed by atoms with Crippen LogP contribution in [0.3, 0.4) is 0 Å². The van der Waals surface area contributed by atoms with E-state index < -0.39 is 34.6 Å². The summed E-state index contributed by atoms with van der Waals surface area (Å²) in [5.74, 6) is 7.68. The number of nitrogens with zero attached hydrogens (tertiary/aromatic N) is 1. The highest BCUT2D eigenvalue weighted by Gasteiger charge is 2.68. The summed E-state index contributed by atoms with van der Waals surface area (Å²) >= 11 is 0. The quantitative estimate of drug-likeness (QED) is 0.0597. The lowest BCUT2D eigenvalue weighted by Gasteiger charge is -2.51. The zero-order valence-corrected chi connectivity index (χ0v) is 38.6. The van der Waals surface area contributed by atoms with Crippen LogP contribution in [0.1, 0.15) is 109 Å². The maximum absolute atomic E-state index is 14.2. The molecule has 9 bridgehead atoms. The maximum Gasteiger partial charge on any atom is 0.161 e. The van der Waals surface area contributed by atoms with Gasteiger partial charge in [0.15, 0.2) is 17.3 Å². The van der Waals surface area contributed by atoms with Crippen molar-refractivity contribution in [2.45, 2.75) is 100 Å². The molecule has 0 radical (unpaired) electrons. The summed E-state index contributed by atoms with van der Waals surface area (Å²) in [6.07, 6.45) is 15.2. The molecule has 0 saturated heterocycles. The summed E-state index contributed by atoms with van der Waals surface area (Å²) in [6, 6.07) is 14.5. The molecule has 0 aromatic heterocycles. The van der Waals surface area contributed by atoms with Crippen LogP contribution in [0.25, 0.3) is 0 Å². The van der Waals surface area contributed by atoms with Gasteiger partial charge in [-0.1, -0.05) is 82.3 Å². The molecule has 13 heteroatoms. The van der Waals surface area contributed by atoms with E-state index in [-0.39, 0.29) is 60.9 Å². The van der Waals surface area contributed by atoms with Gasteiger partial charge in [0.1, 0.15) is 5.75 Å². The van der Waals surface area contributed by atoms with E-state index in [2.05, 4.69) is 29.0 Å². The maximum atomic E-state index is 14.2. The van der Waals surface area contributed by atoms with Gasteiger partial charge in [0, 0.05) is 53.0 Å². The minimum absolute atomic E-state index is 0.0173. The summed E-state index contributed by atoms with van der Waals surface area (Å²) in [4.78, 5) is 18.1. The number of nitrogens with two attached hydrogens (primary N) is 2. The summed E-state index contributed by atoms with van der Waals surface area (Å²) < 4.78 is 6.15. The van der Waals surface area contributed by atoms with Gasteiger partial charge in [-0.05, 0) is 132 Å². The van der Waals surface area contributed by atoms with E-state index in [9.17, 15) is 35.4 Å². The number of fused-ring (bicyclic) bond motifs is 8. The van der Waals surface area contributed by atoms with Crippen LogP contribution in [0.15, 0.2) is 101 Å². The van der Waals surface area contributed by atoms with Crippen LogP contribution in [0, 0.1) is 34.5 Å². The Hall–Kier alpha value is -4.78. The highest BCUT2D eigenvalue weighted by molar-refractivity contribution is 8.76. The average Bonchev–Trinajstić information content (AvgIpc) is 3.83. The fourth-order valence-electron chi connectivity index (χ4n) is 11.6. The highest BCUT2D eigenvalue weighted by Crippen LogP contribution is 2.71. The van der Waals surface area contributed by atoms with Crippen molar-refractivity contribution < 1.29 is 40.2 Å². The predicted molar refractivity (Wildman–Crippen MR) is 257 cm³/mol. The van der Waals surface area contributed by atoms with E-state index in [4.69, 9.17) is 16.2 Å². The van der Waals surface area contributed by atoms with E-state index in [0.29, 0.717) is 84.6 Å². The van der Waals surface area contributed by atoms with E-state index in [1.165, 1.54) is 0 Å². The number of benzene rings is 3. The molecule has 3 aromatic carbocycles. The van der Waals surface area contributed by atoms with Crippen molar-refractivity contribution in [3.63, 3.8) is 0 Å². The fraction of sp³-hybridized carbons (Fsp3) is 0.434. The number of ketones is 1. The van der Waals surface area contributed by atoms with Crippen LogP contribution in [0.5, 0.6) is 17.2 Å². The Balaban J connectivity index is 1.11. The van der Waals surface area contributed by atoms with Crippen molar-refractivity contribution in [2.24, 2.45) is 39.1 Å². The third-order valence-electron chi connectivity index (χ3n) is 15.0. The van der Waals surface area contributed by atoms with Gasteiger partial charge in [-0.3, -0.25) is 9.79 Å². The van der Waals surface area contributed by atoms with Gasteiger partial charge in [0.25, 0.3) is 0 Å². The molecule has 9 N–H and O–H groups in total. The van der Waals surface area contributed by atoms with Gasteiger partial charge in [-0.25, -0.2) is 0 Å². The largest absolute Gasteiger partial charge is 0.875 e. The number of carbonyl (C=O) groups excluding carboxylic acids is 1. The molecule has 3 aromatic rings. The molecule has 2 aliphatic heterocycles. The molecule has 6 aliphatic rings. The average molecular weight is 929 g/mol. The van der Waals surface area contributed by atoms with Crippen LogP contribution in [-0.2, 0) is 23.4 Å². The SMILES string of the molecule is NC(N)c1cc2c3cc1CSSC[C@@]14C[C@H]5C=C[C@]1(O)C[C@@](/C=C/C(=O)CCc1ccc(O)c(c1)OCCc1ccc(O)c(c1)[C@H]3CC([O-])=C1C=CN=C1CC#C2)(C4)[C@@H]5CCC[C@H](O)CO. The van der Waals surface area contributed by atoms with Gasteiger partial charge in [0.2, 0.25) is 0 Å². The Morgan fingerprint density at radius 3 is 2.61 bits per heavy atom. The van der Waals surface area contributed by atoms with E-state index in [1.54, 1.807) is 64.2 Å². The third-order valence-corrected chi connectivity index (χ3v) is 17.5. The van der Waals surface area contributed by atoms with Gasteiger partial charge in [0.05, 0.1) is 43.2 Å². The number of hydrogen-bond acceptors (Lipinski definition) is 13. The molecule has 1 spiro atoms. The first-order valence-electron chi connectivity index (χ1n) is 23.0. The second-order valence-corrected chi connectivity index (χ2v) is 21.6. The van der Waals surface area contributed by atoms with Crippen molar-refractivity contribution in [3.8, 4) is 29.1 Å². The smallest absolute Gasteiger partial charge is 0.161 e. The highest BCUT2D eigenvalue weighted by atomic mass is 33.1. The molecule has 2 fully saturated rings. The van der Waals surface area contributed by atoms with Gasteiger partial charge in [-0.2, -0.15) is 0 Å². The van der Waals surface area contributed by atoms with Crippen molar-refractivity contribution in [1.29, 1.82) is 0 Å².